The maximum absolute atomic E-state index is 12.2. The number of carbonyl (C=O) groups is 1. The van der Waals surface area contributed by atoms with Crippen molar-refractivity contribution in [2.24, 2.45) is 0 Å². The standard InChI is InChI=1S/C19H19ClN4OS/c1-19(2,3)12-8-10-13(11-9-12)21-17(25)22-18-24-23-16(26-18)14-6-4-5-7-15(14)20/h4-11H,1-3H3,(H2,21,22,24,25). The highest BCUT2D eigenvalue weighted by Gasteiger charge is 2.14. The zero-order chi connectivity index (χ0) is 18.7. The van der Waals surface area contributed by atoms with Crippen molar-refractivity contribution in [1.29, 1.82) is 0 Å². The Balaban J connectivity index is 1.65. The van der Waals surface area contributed by atoms with Crippen LogP contribution in [0.4, 0.5) is 15.6 Å². The second kappa shape index (κ2) is 7.43. The molecular formula is C19H19ClN4OS. The lowest BCUT2D eigenvalue weighted by molar-refractivity contribution is 0.262. The molecule has 0 radical (unpaired) electrons. The van der Waals surface area contributed by atoms with Gasteiger partial charge in [-0.05, 0) is 29.2 Å². The molecule has 0 atom stereocenters. The Bertz CT molecular complexity index is 916. The van der Waals surface area contributed by atoms with Gasteiger partial charge >= 0.3 is 6.03 Å². The molecule has 0 unspecified atom stereocenters. The minimum atomic E-state index is -0.365. The molecule has 0 aliphatic heterocycles. The van der Waals surface area contributed by atoms with Crippen LogP contribution in [0.25, 0.3) is 10.6 Å². The van der Waals surface area contributed by atoms with E-state index in [4.69, 9.17) is 11.6 Å². The molecule has 1 aromatic heterocycles. The minimum absolute atomic E-state index is 0.0719. The van der Waals surface area contributed by atoms with Crippen molar-refractivity contribution in [2.45, 2.75) is 26.2 Å². The van der Waals surface area contributed by atoms with Crippen molar-refractivity contribution in [1.82, 2.24) is 10.2 Å². The lowest BCUT2D eigenvalue weighted by Gasteiger charge is -2.19. The van der Waals surface area contributed by atoms with E-state index in [0.29, 0.717) is 20.8 Å². The highest BCUT2D eigenvalue weighted by atomic mass is 35.5. The molecule has 0 saturated carbocycles. The Hall–Kier alpha value is -2.44. The second-order valence-electron chi connectivity index (χ2n) is 6.80. The maximum Gasteiger partial charge on any atom is 0.325 e. The summed E-state index contributed by atoms with van der Waals surface area (Å²) >= 11 is 7.43. The van der Waals surface area contributed by atoms with Gasteiger partial charge in [-0.15, -0.1) is 10.2 Å². The van der Waals surface area contributed by atoms with Crippen LogP contribution in [0.2, 0.25) is 5.02 Å². The molecule has 7 heteroatoms. The smallest absolute Gasteiger partial charge is 0.308 e. The molecule has 0 spiro atoms. The van der Waals surface area contributed by atoms with Crippen molar-refractivity contribution in [3.8, 4) is 10.6 Å². The number of hydrogen-bond acceptors (Lipinski definition) is 4. The number of anilines is 2. The van der Waals surface area contributed by atoms with Gasteiger partial charge in [0.25, 0.3) is 0 Å². The summed E-state index contributed by atoms with van der Waals surface area (Å²) in [5.74, 6) is 0. The molecule has 2 aromatic carbocycles. The number of halogens is 1. The predicted octanol–water partition coefficient (Wildman–Crippen LogP) is 5.80. The number of carbonyl (C=O) groups excluding carboxylic acids is 1. The Morgan fingerprint density at radius 3 is 2.35 bits per heavy atom. The average molecular weight is 387 g/mol. The Labute approximate surface area is 161 Å². The van der Waals surface area contributed by atoms with Crippen LogP contribution < -0.4 is 10.6 Å². The van der Waals surface area contributed by atoms with Gasteiger partial charge in [0, 0.05) is 11.3 Å². The Morgan fingerprint density at radius 1 is 1.00 bits per heavy atom. The summed E-state index contributed by atoms with van der Waals surface area (Å²) < 4.78 is 0. The quantitative estimate of drug-likeness (QED) is 0.597. The second-order valence-corrected chi connectivity index (χ2v) is 8.18. The topological polar surface area (TPSA) is 66.9 Å². The summed E-state index contributed by atoms with van der Waals surface area (Å²) in [6.45, 7) is 6.44. The van der Waals surface area contributed by atoms with Gasteiger partial charge in [0.05, 0.1) is 5.02 Å². The van der Waals surface area contributed by atoms with Gasteiger partial charge in [0.1, 0.15) is 0 Å². The van der Waals surface area contributed by atoms with Crippen LogP contribution in [-0.2, 0) is 5.41 Å². The zero-order valence-corrected chi connectivity index (χ0v) is 16.3. The summed E-state index contributed by atoms with van der Waals surface area (Å²) in [7, 11) is 0. The van der Waals surface area contributed by atoms with Gasteiger partial charge < -0.3 is 5.32 Å². The van der Waals surface area contributed by atoms with Gasteiger partial charge in [-0.3, -0.25) is 5.32 Å². The summed E-state index contributed by atoms with van der Waals surface area (Å²) in [6.07, 6.45) is 0. The predicted molar refractivity (Wildman–Crippen MR) is 108 cm³/mol. The first-order chi connectivity index (χ1) is 12.3. The number of urea groups is 1. The van der Waals surface area contributed by atoms with Crippen molar-refractivity contribution in [2.75, 3.05) is 10.6 Å². The van der Waals surface area contributed by atoms with E-state index in [9.17, 15) is 4.79 Å². The van der Waals surface area contributed by atoms with Gasteiger partial charge in [-0.25, -0.2) is 4.79 Å². The van der Waals surface area contributed by atoms with Crippen LogP contribution in [-0.4, -0.2) is 16.2 Å². The van der Waals surface area contributed by atoms with E-state index in [1.165, 1.54) is 16.9 Å². The zero-order valence-electron chi connectivity index (χ0n) is 14.7. The van der Waals surface area contributed by atoms with E-state index in [1.807, 2.05) is 42.5 Å². The molecular weight excluding hydrogens is 368 g/mol. The number of nitrogens with zero attached hydrogens (tertiary/aromatic N) is 2. The van der Waals surface area contributed by atoms with Crippen molar-refractivity contribution >= 4 is 39.8 Å². The van der Waals surface area contributed by atoms with E-state index in [1.54, 1.807) is 6.07 Å². The van der Waals surface area contributed by atoms with E-state index in [0.717, 1.165) is 5.56 Å². The molecule has 3 rings (SSSR count). The molecule has 0 saturated heterocycles. The van der Waals surface area contributed by atoms with Crippen molar-refractivity contribution in [3.63, 3.8) is 0 Å². The fraction of sp³-hybridized carbons (Fsp3) is 0.211. The monoisotopic (exact) mass is 386 g/mol. The Morgan fingerprint density at radius 2 is 1.69 bits per heavy atom. The normalized spacial score (nSPS) is 11.2. The van der Waals surface area contributed by atoms with Gasteiger partial charge in [0.15, 0.2) is 5.01 Å². The third-order valence-corrected chi connectivity index (χ3v) is 4.96. The van der Waals surface area contributed by atoms with Crippen LogP contribution in [0.3, 0.4) is 0 Å². The molecule has 134 valence electrons. The number of aromatic nitrogens is 2. The molecule has 2 N–H and O–H groups in total. The van der Waals surface area contributed by atoms with E-state index in [-0.39, 0.29) is 11.4 Å². The highest BCUT2D eigenvalue weighted by Crippen LogP contribution is 2.31. The Kier molecular flexibility index (Phi) is 5.25. The van der Waals surface area contributed by atoms with E-state index in [2.05, 4.69) is 41.6 Å². The van der Waals surface area contributed by atoms with E-state index < -0.39 is 0 Å². The van der Waals surface area contributed by atoms with Crippen molar-refractivity contribution in [3.05, 3.63) is 59.1 Å². The summed E-state index contributed by atoms with van der Waals surface area (Å²) in [5, 5.41) is 15.2. The van der Waals surface area contributed by atoms with Crippen LogP contribution in [0.5, 0.6) is 0 Å². The molecule has 1 heterocycles. The first-order valence-corrected chi connectivity index (χ1v) is 9.29. The first-order valence-electron chi connectivity index (χ1n) is 8.10. The third kappa shape index (κ3) is 4.39. The average Bonchev–Trinajstić information content (AvgIpc) is 3.03. The lowest BCUT2D eigenvalue weighted by atomic mass is 9.87. The molecule has 0 aliphatic rings. The molecule has 5 nitrogen and oxygen atoms in total. The largest absolute Gasteiger partial charge is 0.325 e. The molecule has 26 heavy (non-hydrogen) atoms. The van der Waals surface area contributed by atoms with Gasteiger partial charge in [-0.2, -0.15) is 0 Å². The number of hydrogen-bond donors (Lipinski definition) is 2. The first kappa shape index (κ1) is 18.4. The fourth-order valence-corrected chi connectivity index (χ4v) is 3.39. The number of nitrogens with one attached hydrogen (secondary N) is 2. The fourth-order valence-electron chi connectivity index (χ4n) is 2.33. The summed E-state index contributed by atoms with van der Waals surface area (Å²) in [5.41, 5.74) is 2.78. The maximum atomic E-state index is 12.2. The molecule has 0 fully saturated rings. The lowest BCUT2D eigenvalue weighted by Crippen LogP contribution is -2.19. The van der Waals surface area contributed by atoms with E-state index >= 15 is 0 Å². The summed E-state index contributed by atoms with van der Waals surface area (Å²) in [6, 6.07) is 14.8. The number of rotatable bonds is 3. The number of benzene rings is 2. The molecule has 0 bridgehead atoms. The van der Waals surface area contributed by atoms with Crippen LogP contribution >= 0.6 is 22.9 Å². The third-order valence-electron chi connectivity index (χ3n) is 3.76. The highest BCUT2D eigenvalue weighted by molar-refractivity contribution is 7.18. The minimum Gasteiger partial charge on any atom is -0.308 e. The molecule has 2 amide bonds. The van der Waals surface area contributed by atoms with Crippen LogP contribution in [0.1, 0.15) is 26.3 Å². The molecule has 0 aliphatic carbocycles. The summed E-state index contributed by atoms with van der Waals surface area (Å²) in [4.78, 5) is 12.2. The molecule has 3 aromatic rings. The van der Waals surface area contributed by atoms with Gasteiger partial charge in [-0.1, -0.05) is 74.0 Å². The van der Waals surface area contributed by atoms with Crippen LogP contribution in [0, 0.1) is 0 Å². The van der Waals surface area contributed by atoms with Crippen molar-refractivity contribution < 1.29 is 4.79 Å². The SMILES string of the molecule is CC(C)(C)c1ccc(NC(=O)Nc2nnc(-c3ccccc3Cl)s2)cc1. The van der Waals surface area contributed by atoms with Gasteiger partial charge in [0.2, 0.25) is 5.13 Å². The van der Waals surface area contributed by atoms with Crippen LogP contribution in [0.15, 0.2) is 48.5 Å². The number of amides is 2.